The first-order valence-electron chi connectivity index (χ1n) is 7.21. The van der Waals surface area contributed by atoms with Gasteiger partial charge in [-0.2, -0.15) is 0 Å². The summed E-state index contributed by atoms with van der Waals surface area (Å²) < 4.78 is 25.8. The van der Waals surface area contributed by atoms with Crippen LogP contribution in [-0.2, 0) is 9.31 Å². The van der Waals surface area contributed by atoms with Crippen molar-refractivity contribution in [1.29, 1.82) is 0 Å². The molecule has 0 spiro atoms. The second-order valence-corrected chi connectivity index (χ2v) is 6.41. The van der Waals surface area contributed by atoms with Crippen LogP contribution in [0.1, 0.15) is 43.6 Å². The number of aldehydes is 1. The Morgan fingerprint density at radius 2 is 1.86 bits per heavy atom. The van der Waals surface area contributed by atoms with Crippen LogP contribution in [-0.4, -0.2) is 31.2 Å². The van der Waals surface area contributed by atoms with E-state index in [-0.39, 0.29) is 6.54 Å². The molecule has 22 heavy (non-hydrogen) atoms. The molecule has 0 bridgehead atoms. The maximum Gasteiger partial charge on any atom is 0.491 e. The summed E-state index contributed by atoms with van der Waals surface area (Å²) in [7, 11) is -0.630. The molecule has 0 amide bonds. The molecule has 2 N–H and O–H groups in total. The summed E-state index contributed by atoms with van der Waals surface area (Å²) in [6.07, 6.45) is 2.26. The molecule has 0 aliphatic carbocycles. The molecule has 1 aromatic carbocycles. The fourth-order valence-corrected chi connectivity index (χ4v) is 2.16. The normalized spacial score (nSPS) is 20.3. The van der Waals surface area contributed by atoms with E-state index >= 15 is 0 Å². The molecule has 1 aromatic rings. The van der Waals surface area contributed by atoms with Gasteiger partial charge in [-0.1, -0.05) is 6.08 Å². The monoisotopic (exact) mass is 305 g/mol. The van der Waals surface area contributed by atoms with Gasteiger partial charge < -0.3 is 15.0 Å². The van der Waals surface area contributed by atoms with Gasteiger partial charge in [-0.3, -0.25) is 4.79 Å². The van der Waals surface area contributed by atoms with Crippen molar-refractivity contribution in [2.75, 3.05) is 6.54 Å². The Morgan fingerprint density at radius 1 is 1.27 bits per heavy atom. The molecule has 0 aromatic heterocycles. The summed E-state index contributed by atoms with van der Waals surface area (Å²) >= 11 is 0. The van der Waals surface area contributed by atoms with Crippen molar-refractivity contribution in [2.45, 2.75) is 38.9 Å². The largest absolute Gasteiger partial charge is 0.491 e. The van der Waals surface area contributed by atoms with Crippen LogP contribution in [0.2, 0.25) is 0 Å². The van der Waals surface area contributed by atoms with E-state index in [1.54, 1.807) is 6.08 Å². The third-order valence-corrected chi connectivity index (χ3v) is 4.29. The maximum atomic E-state index is 13.9. The van der Waals surface area contributed by atoms with Crippen LogP contribution in [0.15, 0.2) is 23.7 Å². The average Bonchev–Trinajstić information content (AvgIpc) is 2.66. The zero-order chi connectivity index (χ0) is 16.5. The molecule has 0 unspecified atom stereocenters. The standard InChI is InChI=1S/C16H21BFNO3/c1-15(2)16(3,4)22-17(21-15)13(9-19)8-12-7-11(10-20)5-6-14(12)18/h5-8,10H,9,19H2,1-4H3. The number of hydrogen-bond acceptors (Lipinski definition) is 4. The predicted octanol–water partition coefficient (Wildman–Crippen LogP) is 2.61. The molecule has 1 saturated heterocycles. The smallest absolute Gasteiger partial charge is 0.400 e. The van der Waals surface area contributed by atoms with E-state index < -0.39 is 24.1 Å². The van der Waals surface area contributed by atoms with Gasteiger partial charge in [-0.05, 0) is 51.4 Å². The number of nitrogens with two attached hydrogens (primary N) is 1. The highest BCUT2D eigenvalue weighted by Crippen LogP contribution is 2.38. The molecule has 0 saturated carbocycles. The number of hydrogen-bond donors (Lipinski definition) is 1. The minimum atomic E-state index is -0.630. The molecule has 0 radical (unpaired) electrons. The van der Waals surface area contributed by atoms with Gasteiger partial charge in [0.05, 0.1) is 11.2 Å². The van der Waals surface area contributed by atoms with Gasteiger partial charge in [0, 0.05) is 17.7 Å². The third kappa shape index (κ3) is 3.14. The highest BCUT2D eigenvalue weighted by atomic mass is 19.1. The lowest BCUT2D eigenvalue weighted by atomic mass is 9.77. The van der Waals surface area contributed by atoms with Crippen LogP contribution >= 0.6 is 0 Å². The topological polar surface area (TPSA) is 61.5 Å². The number of rotatable bonds is 4. The van der Waals surface area contributed by atoms with Crippen molar-refractivity contribution >= 4 is 19.5 Å². The molecular formula is C16H21BFNO3. The Balaban J connectivity index is 2.35. The second kappa shape index (κ2) is 5.95. The lowest BCUT2D eigenvalue weighted by molar-refractivity contribution is 0.00578. The SMILES string of the molecule is CC1(C)OB(C(=Cc2cc(C=O)ccc2F)CN)OC1(C)C. The summed E-state index contributed by atoms with van der Waals surface area (Å²) in [6, 6.07) is 4.16. The Kier molecular flexibility index (Phi) is 4.56. The van der Waals surface area contributed by atoms with Gasteiger partial charge in [0.25, 0.3) is 0 Å². The Bertz CT molecular complexity index is 597. The molecule has 118 valence electrons. The molecule has 1 aliphatic rings. The van der Waals surface area contributed by atoms with Crippen molar-refractivity contribution in [3.63, 3.8) is 0 Å². The number of carbonyl (C=O) groups excluding carboxylic acids is 1. The Morgan fingerprint density at radius 3 is 2.36 bits per heavy atom. The van der Waals surface area contributed by atoms with Crippen molar-refractivity contribution in [2.24, 2.45) is 5.73 Å². The first kappa shape index (κ1) is 16.9. The van der Waals surface area contributed by atoms with Crippen LogP contribution in [0.5, 0.6) is 0 Å². The van der Waals surface area contributed by atoms with Crippen molar-refractivity contribution in [1.82, 2.24) is 0 Å². The van der Waals surface area contributed by atoms with E-state index in [1.807, 2.05) is 27.7 Å². The molecule has 2 rings (SSSR count). The first-order chi connectivity index (χ1) is 10.2. The minimum Gasteiger partial charge on any atom is -0.400 e. The van der Waals surface area contributed by atoms with Crippen LogP contribution in [0, 0.1) is 5.82 Å². The van der Waals surface area contributed by atoms with Gasteiger partial charge >= 0.3 is 7.12 Å². The van der Waals surface area contributed by atoms with Gasteiger partial charge in [-0.15, -0.1) is 0 Å². The maximum absolute atomic E-state index is 13.9. The van der Waals surface area contributed by atoms with Crippen molar-refractivity contribution in [3.05, 3.63) is 40.6 Å². The highest BCUT2D eigenvalue weighted by molar-refractivity contribution is 6.55. The Hall–Kier alpha value is -1.50. The fourth-order valence-electron chi connectivity index (χ4n) is 2.16. The average molecular weight is 305 g/mol. The molecule has 6 heteroatoms. The van der Waals surface area contributed by atoms with E-state index in [1.165, 1.54) is 18.2 Å². The molecule has 1 fully saturated rings. The van der Waals surface area contributed by atoms with Gasteiger partial charge in [-0.25, -0.2) is 4.39 Å². The zero-order valence-electron chi connectivity index (χ0n) is 13.4. The molecular weight excluding hydrogens is 284 g/mol. The molecule has 1 aliphatic heterocycles. The summed E-state index contributed by atoms with van der Waals surface area (Å²) in [6.45, 7) is 7.93. The van der Waals surface area contributed by atoms with Crippen LogP contribution in [0.4, 0.5) is 4.39 Å². The fraction of sp³-hybridized carbons (Fsp3) is 0.438. The number of benzene rings is 1. The quantitative estimate of drug-likeness (QED) is 0.686. The predicted molar refractivity (Wildman–Crippen MR) is 84.9 cm³/mol. The highest BCUT2D eigenvalue weighted by Gasteiger charge is 2.52. The summed E-state index contributed by atoms with van der Waals surface area (Å²) in [5.41, 5.74) is 6.11. The lowest BCUT2D eigenvalue weighted by Crippen LogP contribution is -2.41. The van der Waals surface area contributed by atoms with E-state index in [2.05, 4.69) is 0 Å². The van der Waals surface area contributed by atoms with E-state index in [4.69, 9.17) is 15.0 Å². The molecule has 1 heterocycles. The second-order valence-electron chi connectivity index (χ2n) is 6.41. The van der Waals surface area contributed by atoms with Gasteiger partial charge in [0.15, 0.2) is 0 Å². The van der Waals surface area contributed by atoms with Crippen LogP contribution in [0.25, 0.3) is 6.08 Å². The first-order valence-corrected chi connectivity index (χ1v) is 7.21. The molecule has 4 nitrogen and oxygen atoms in total. The number of carbonyl (C=O) groups is 1. The van der Waals surface area contributed by atoms with Crippen molar-refractivity contribution < 1.29 is 18.5 Å². The van der Waals surface area contributed by atoms with E-state index in [9.17, 15) is 9.18 Å². The summed E-state index contributed by atoms with van der Waals surface area (Å²) in [4.78, 5) is 10.8. The zero-order valence-corrected chi connectivity index (χ0v) is 13.4. The number of halogens is 1. The van der Waals surface area contributed by atoms with Crippen molar-refractivity contribution in [3.8, 4) is 0 Å². The van der Waals surface area contributed by atoms with E-state index in [0.29, 0.717) is 22.9 Å². The lowest BCUT2D eigenvalue weighted by Gasteiger charge is -2.32. The van der Waals surface area contributed by atoms with Crippen LogP contribution < -0.4 is 5.73 Å². The van der Waals surface area contributed by atoms with E-state index in [0.717, 1.165) is 0 Å². The summed E-state index contributed by atoms with van der Waals surface area (Å²) in [5, 5.41) is 0. The minimum absolute atomic E-state index is 0.168. The molecule has 0 atom stereocenters. The van der Waals surface area contributed by atoms with Crippen LogP contribution in [0.3, 0.4) is 0 Å². The van der Waals surface area contributed by atoms with Gasteiger partial charge in [0.1, 0.15) is 12.1 Å². The van der Waals surface area contributed by atoms with Gasteiger partial charge in [0.2, 0.25) is 0 Å². The third-order valence-electron chi connectivity index (χ3n) is 4.29. The Labute approximate surface area is 130 Å². The summed E-state index contributed by atoms with van der Waals surface area (Å²) in [5.74, 6) is -0.423.